The van der Waals surface area contributed by atoms with Crippen molar-refractivity contribution in [3.63, 3.8) is 0 Å². The van der Waals surface area contributed by atoms with E-state index in [0.29, 0.717) is 19.3 Å². The first kappa shape index (κ1) is 18.0. The molecular formula is C19H30N4O2. The summed E-state index contributed by atoms with van der Waals surface area (Å²) in [4.78, 5) is 9.16. The second kappa shape index (κ2) is 9.63. The third-order valence-electron chi connectivity index (χ3n) is 4.77. The number of nitrogens with zero attached hydrogens (tertiary/aromatic N) is 3. The lowest BCUT2D eigenvalue weighted by Crippen LogP contribution is -2.53. The molecule has 0 radical (unpaired) electrons. The van der Waals surface area contributed by atoms with E-state index in [9.17, 15) is 0 Å². The Morgan fingerprint density at radius 1 is 1.24 bits per heavy atom. The molecule has 2 aliphatic rings. The van der Waals surface area contributed by atoms with Crippen molar-refractivity contribution in [3.8, 4) is 0 Å². The Morgan fingerprint density at radius 2 is 2.04 bits per heavy atom. The quantitative estimate of drug-likeness (QED) is 0.481. The molecule has 0 aromatic heterocycles. The third kappa shape index (κ3) is 5.34. The molecule has 138 valence electrons. The lowest BCUT2D eigenvalue weighted by Gasteiger charge is -2.37. The van der Waals surface area contributed by atoms with Crippen LogP contribution in [-0.4, -0.2) is 76.6 Å². The summed E-state index contributed by atoms with van der Waals surface area (Å²) in [5.74, 6) is 0.966. The first-order valence-corrected chi connectivity index (χ1v) is 9.32. The second-order valence-corrected chi connectivity index (χ2v) is 6.49. The van der Waals surface area contributed by atoms with Gasteiger partial charge in [0.2, 0.25) is 0 Å². The number of anilines is 1. The van der Waals surface area contributed by atoms with Crippen LogP contribution < -0.4 is 10.2 Å². The highest BCUT2D eigenvalue weighted by molar-refractivity contribution is 5.80. The zero-order valence-electron chi connectivity index (χ0n) is 15.2. The first-order valence-electron chi connectivity index (χ1n) is 9.32. The van der Waals surface area contributed by atoms with Crippen LogP contribution in [-0.2, 0) is 9.47 Å². The normalized spacial score (nSPS) is 21.6. The van der Waals surface area contributed by atoms with E-state index in [1.54, 1.807) is 0 Å². The summed E-state index contributed by atoms with van der Waals surface area (Å²) in [5, 5.41) is 3.41. The van der Waals surface area contributed by atoms with E-state index in [1.807, 2.05) is 7.05 Å². The summed E-state index contributed by atoms with van der Waals surface area (Å²) >= 11 is 0. The molecule has 0 bridgehead atoms. The maximum Gasteiger partial charge on any atom is 0.193 e. The zero-order valence-corrected chi connectivity index (χ0v) is 15.2. The molecule has 6 nitrogen and oxygen atoms in total. The lowest BCUT2D eigenvalue weighted by molar-refractivity contribution is 0.0190. The summed E-state index contributed by atoms with van der Waals surface area (Å²) in [6.45, 7) is 7.03. The van der Waals surface area contributed by atoms with Crippen molar-refractivity contribution in [1.29, 1.82) is 0 Å². The highest BCUT2D eigenvalue weighted by atomic mass is 16.5. The van der Waals surface area contributed by atoms with E-state index in [2.05, 4.69) is 50.4 Å². The van der Waals surface area contributed by atoms with Crippen LogP contribution in [0.15, 0.2) is 35.3 Å². The number of nitrogens with one attached hydrogen (secondary N) is 1. The van der Waals surface area contributed by atoms with Gasteiger partial charge in [-0.05, 0) is 25.0 Å². The van der Waals surface area contributed by atoms with Gasteiger partial charge in [0.1, 0.15) is 0 Å². The summed E-state index contributed by atoms with van der Waals surface area (Å²) in [7, 11) is 1.85. The molecule has 3 rings (SSSR count). The minimum absolute atomic E-state index is 0.297. The van der Waals surface area contributed by atoms with E-state index in [-0.39, 0.29) is 0 Å². The standard InChI is InChI=1S/C19H30N4O2/c1-20-19(21-9-15-24-16-18-8-5-14-25-18)23-12-10-22(11-13-23)17-6-3-2-4-7-17/h2-4,6-7,18H,5,8-16H2,1H3,(H,20,21). The van der Waals surface area contributed by atoms with Crippen molar-refractivity contribution in [2.45, 2.75) is 18.9 Å². The minimum atomic E-state index is 0.297. The molecule has 2 heterocycles. The van der Waals surface area contributed by atoms with Crippen LogP contribution in [0, 0.1) is 0 Å². The molecule has 0 amide bonds. The molecule has 1 atom stereocenters. The molecule has 0 aliphatic carbocycles. The maximum absolute atomic E-state index is 5.71. The molecule has 0 saturated carbocycles. The van der Waals surface area contributed by atoms with E-state index in [4.69, 9.17) is 9.47 Å². The van der Waals surface area contributed by atoms with Crippen molar-refractivity contribution in [3.05, 3.63) is 30.3 Å². The van der Waals surface area contributed by atoms with Gasteiger partial charge in [-0.1, -0.05) is 18.2 Å². The van der Waals surface area contributed by atoms with E-state index < -0.39 is 0 Å². The molecule has 1 unspecified atom stereocenters. The summed E-state index contributed by atoms with van der Waals surface area (Å²) in [5.41, 5.74) is 1.30. The van der Waals surface area contributed by atoms with Crippen LogP contribution in [0.4, 0.5) is 5.69 Å². The fraction of sp³-hybridized carbons (Fsp3) is 0.632. The monoisotopic (exact) mass is 346 g/mol. The van der Waals surface area contributed by atoms with Gasteiger partial charge in [0.25, 0.3) is 0 Å². The highest BCUT2D eigenvalue weighted by Gasteiger charge is 2.19. The summed E-state index contributed by atoms with van der Waals surface area (Å²) in [6.07, 6.45) is 2.58. The zero-order chi connectivity index (χ0) is 17.3. The second-order valence-electron chi connectivity index (χ2n) is 6.49. The fourth-order valence-electron chi connectivity index (χ4n) is 3.37. The Labute approximate surface area is 150 Å². The van der Waals surface area contributed by atoms with Crippen LogP contribution >= 0.6 is 0 Å². The Hall–Kier alpha value is -1.79. The molecule has 2 aliphatic heterocycles. The SMILES string of the molecule is CN=C(NCCOCC1CCCO1)N1CCN(c2ccccc2)CC1. The number of benzene rings is 1. The van der Waals surface area contributed by atoms with Crippen LogP contribution in [0.3, 0.4) is 0 Å². The number of guanidine groups is 1. The van der Waals surface area contributed by atoms with E-state index in [0.717, 1.165) is 58.1 Å². The number of aliphatic imine (C=N–C) groups is 1. The van der Waals surface area contributed by atoms with Gasteiger partial charge in [0.05, 0.1) is 19.3 Å². The molecular weight excluding hydrogens is 316 g/mol. The topological polar surface area (TPSA) is 49.3 Å². The Balaban J connectivity index is 1.34. The number of hydrogen-bond donors (Lipinski definition) is 1. The summed E-state index contributed by atoms with van der Waals surface area (Å²) < 4.78 is 11.3. The van der Waals surface area contributed by atoms with Gasteiger partial charge in [-0.2, -0.15) is 0 Å². The van der Waals surface area contributed by atoms with Crippen LogP contribution in [0.1, 0.15) is 12.8 Å². The van der Waals surface area contributed by atoms with Crippen LogP contribution in [0.25, 0.3) is 0 Å². The molecule has 25 heavy (non-hydrogen) atoms. The third-order valence-corrected chi connectivity index (χ3v) is 4.77. The van der Waals surface area contributed by atoms with Crippen molar-refractivity contribution in [1.82, 2.24) is 10.2 Å². The predicted octanol–water partition coefficient (Wildman–Crippen LogP) is 1.58. The van der Waals surface area contributed by atoms with Gasteiger partial charge < -0.3 is 24.6 Å². The van der Waals surface area contributed by atoms with Gasteiger partial charge in [-0.3, -0.25) is 4.99 Å². The van der Waals surface area contributed by atoms with Crippen LogP contribution in [0.2, 0.25) is 0 Å². The summed E-state index contributed by atoms with van der Waals surface area (Å²) in [6, 6.07) is 10.6. The molecule has 1 aromatic carbocycles. The highest BCUT2D eigenvalue weighted by Crippen LogP contribution is 2.15. The van der Waals surface area contributed by atoms with Crippen molar-refractivity contribution < 1.29 is 9.47 Å². The lowest BCUT2D eigenvalue weighted by atomic mass is 10.2. The maximum atomic E-state index is 5.71. The fourth-order valence-corrected chi connectivity index (χ4v) is 3.37. The Morgan fingerprint density at radius 3 is 2.72 bits per heavy atom. The number of piperazine rings is 1. The van der Waals surface area contributed by atoms with Gasteiger partial charge >= 0.3 is 0 Å². The molecule has 6 heteroatoms. The number of rotatable bonds is 6. The molecule has 2 saturated heterocycles. The molecule has 2 fully saturated rings. The molecule has 1 N–H and O–H groups in total. The van der Waals surface area contributed by atoms with Gasteiger partial charge in [0, 0.05) is 52.1 Å². The van der Waals surface area contributed by atoms with Crippen molar-refractivity contribution in [2.24, 2.45) is 4.99 Å². The molecule has 1 aromatic rings. The Kier molecular flexibility index (Phi) is 6.94. The first-order chi connectivity index (χ1) is 12.4. The van der Waals surface area contributed by atoms with E-state index >= 15 is 0 Å². The Bertz CT molecular complexity index is 523. The average molecular weight is 346 g/mol. The average Bonchev–Trinajstić information content (AvgIpc) is 3.19. The minimum Gasteiger partial charge on any atom is -0.377 e. The van der Waals surface area contributed by atoms with Gasteiger partial charge in [-0.25, -0.2) is 0 Å². The van der Waals surface area contributed by atoms with Crippen molar-refractivity contribution in [2.75, 3.05) is 64.5 Å². The molecule has 0 spiro atoms. The number of para-hydroxylation sites is 1. The van der Waals surface area contributed by atoms with E-state index in [1.165, 1.54) is 5.69 Å². The van der Waals surface area contributed by atoms with Gasteiger partial charge in [-0.15, -0.1) is 0 Å². The number of ether oxygens (including phenoxy) is 2. The smallest absolute Gasteiger partial charge is 0.193 e. The predicted molar refractivity (Wildman–Crippen MR) is 101 cm³/mol. The van der Waals surface area contributed by atoms with Gasteiger partial charge in [0.15, 0.2) is 5.96 Å². The van der Waals surface area contributed by atoms with Crippen molar-refractivity contribution >= 4 is 11.6 Å². The van der Waals surface area contributed by atoms with Crippen LogP contribution in [0.5, 0.6) is 0 Å². The largest absolute Gasteiger partial charge is 0.377 e. The number of hydrogen-bond acceptors (Lipinski definition) is 4.